The average molecular weight is 458 g/mol. The van der Waals surface area contributed by atoms with Gasteiger partial charge in [-0.15, -0.1) is 0 Å². The van der Waals surface area contributed by atoms with E-state index in [1.807, 2.05) is 56.6 Å². The van der Waals surface area contributed by atoms with Crippen molar-refractivity contribution in [2.24, 2.45) is 0 Å². The molecule has 3 aromatic carbocycles. The first-order valence-corrected chi connectivity index (χ1v) is 11.0. The van der Waals surface area contributed by atoms with Gasteiger partial charge in [0.15, 0.2) is 0 Å². The summed E-state index contributed by atoms with van der Waals surface area (Å²) in [5.74, 6) is -0.811. The largest absolute Gasteiger partial charge is 0.460 e. The third kappa shape index (κ3) is 5.17. The zero-order chi connectivity index (χ0) is 24.1. The van der Waals surface area contributed by atoms with Gasteiger partial charge in [0.25, 0.3) is 5.91 Å². The monoisotopic (exact) mass is 457 g/mol. The number of nitrogens with zero attached hydrogens (tertiary/aromatic N) is 1. The lowest BCUT2D eigenvalue weighted by Crippen LogP contribution is -2.11. The van der Waals surface area contributed by atoms with Crippen molar-refractivity contribution in [1.82, 2.24) is 4.90 Å². The van der Waals surface area contributed by atoms with Crippen LogP contribution in [-0.4, -0.2) is 49.2 Å². The topological polar surface area (TPSA) is 90.9 Å². The summed E-state index contributed by atoms with van der Waals surface area (Å²) in [5.41, 5.74) is 5.62. The van der Waals surface area contributed by atoms with Crippen LogP contribution in [0.5, 0.6) is 0 Å². The maximum Gasteiger partial charge on any atom is 0.338 e. The number of carbonyl (C=O) groups excluding carboxylic acids is 2. The Morgan fingerprint density at radius 2 is 1.74 bits per heavy atom. The Kier molecular flexibility index (Phi) is 7.06. The second kappa shape index (κ2) is 10.3. The van der Waals surface area contributed by atoms with Gasteiger partial charge in [-0.1, -0.05) is 48.5 Å². The predicted molar refractivity (Wildman–Crippen MR) is 133 cm³/mol. The number of hydrogen-bond acceptors (Lipinski definition) is 6. The molecule has 3 N–H and O–H groups in total. The van der Waals surface area contributed by atoms with E-state index in [0.717, 1.165) is 17.8 Å². The molecule has 0 aliphatic carbocycles. The van der Waals surface area contributed by atoms with E-state index in [1.165, 1.54) is 5.56 Å². The zero-order valence-electron chi connectivity index (χ0n) is 19.2. The van der Waals surface area contributed by atoms with Gasteiger partial charge >= 0.3 is 5.97 Å². The number of hydrogen-bond donors (Lipinski definition) is 3. The molecule has 0 unspecified atom stereocenters. The number of aliphatic hydroxyl groups is 1. The first kappa shape index (κ1) is 23.2. The van der Waals surface area contributed by atoms with Crippen LogP contribution in [0.4, 0.5) is 11.4 Å². The van der Waals surface area contributed by atoms with E-state index >= 15 is 0 Å². The molecule has 1 amide bonds. The van der Waals surface area contributed by atoms with Crippen molar-refractivity contribution < 1.29 is 19.4 Å². The number of esters is 1. The molecule has 1 aliphatic rings. The first-order valence-electron chi connectivity index (χ1n) is 11.0. The lowest BCUT2D eigenvalue weighted by atomic mass is 9.99. The Morgan fingerprint density at radius 3 is 2.41 bits per heavy atom. The maximum atomic E-state index is 13.1. The van der Waals surface area contributed by atoms with Crippen molar-refractivity contribution in [2.75, 3.05) is 37.9 Å². The molecule has 1 heterocycles. The summed E-state index contributed by atoms with van der Waals surface area (Å²) < 4.78 is 4.99. The Bertz CT molecular complexity index is 1220. The van der Waals surface area contributed by atoms with Crippen LogP contribution in [0.3, 0.4) is 0 Å². The molecule has 0 radical (unpaired) electrons. The summed E-state index contributed by atoms with van der Waals surface area (Å²) >= 11 is 0. The minimum Gasteiger partial charge on any atom is -0.460 e. The molecule has 4 rings (SSSR count). The van der Waals surface area contributed by atoms with Gasteiger partial charge in [0, 0.05) is 17.8 Å². The minimum absolute atomic E-state index is 0.0805. The van der Waals surface area contributed by atoms with Gasteiger partial charge in [-0.25, -0.2) is 4.79 Å². The van der Waals surface area contributed by atoms with E-state index in [0.29, 0.717) is 28.1 Å². The number of anilines is 2. The van der Waals surface area contributed by atoms with E-state index < -0.39 is 5.97 Å². The molecule has 0 saturated heterocycles. The van der Waals surface area contributed by atoms with Gasteiger partial charge in [-0.2, -0.15) is 0 Å². The Hall–Kier alpha value is -3.94. The molecule has 7 heteroatoms. The molecule has 0 fully saturated rings. The number of carbonyl (C=O) groups is 2. The third-order valence-electron chi connectivity index (χ3n) is 5.36. The summed E-state index contributed by atoms with van der Waals surface area (Å²) in [6.07, 6.45) is 0. The van der Waals surface area contributed by atoms with E-state index in [9.17, 15) is 9.59 Å². The van der Waals surface area contributed by atoms with Gasteiger partial charge in [0.1, 0.15) is 6.61 Å². The summed E-state index contributed by atoms with van der Waals surface area (Å²) in [6.45, 7) is 0.511. The van der Waals surface area contributed by atoms with E-state index in [2.05, 4.69) is 27.7 Å². The van der Waals surface area contributed by atoms with Crippen LogP contribution in [0.2, 0.25) is 0 Å². The molecule has 7 nitrogen and oxygen atoms in total. The number of amides is 1. The van der Waals surface area contributed by atoms with Crippen LogP contribution in [0.25, 0.3) is 11.3 Å². The highest BCUT2D eigenvalue weighted by Crippen LogP contribution is 2.38. The molecule has 3 aromatic rings. The summed E-state index contributed by atoms with van der Waals surface area (Å²) in [4.78, 5) is 27.4. The van der Waals surface area contributed by atoms with Gasteiger partial charge in [0.05, 0.1) is 29.1 Å². The Labute approximate surface area is 198 Å². The van der Waals surface area contributed by atoms with Crippen molar-refractivity contribution in [2.45, 2.75) is 6.54 Å². The lowest BCUT2D eigenvalue weighted by Gasteiger charge is -2.16. The molecular formula is C27H27N3O4. The molecular weight excluding hydrogens is 430 g/mol. The highest BCUT2D eigenvalue weighted by atomic mass is 16.5. The molecule has 0 spiro atoms. The van der Waals surface area contributed by atoms with Gasteiger partial charge < -0.3 is 25.4 Å². The van der Waals surface area contributed by atoms with Crippen molar-refractivity contribution in [3.8, 4) is 0 Å². The second-order valence-electron chi connectivity index (χ2n) is 8.25. The highest BCUT2D eigenvalue weighted by Gasteiger charge is 2.29. The number of rotatable bonds is 8. The van der Waals surface area contributed by atoms with Crippen molar-refractivity contribution in [1.29, 1.82) is 0 Å². The van der Waals surface area contributed by atoms with Gasteiger partial charge in [-0.3, -0.25) is 4.79 Å². The summed E-state index contributed by atoms with van der Waals surface area (Å²) in [5, 5.41) is 15.2. The van der Waals surface area contributed by atoms with Crippen LogP contribution in [-0.2, 0) is 16.1 Å². The van der Waals surface area contributed by atoms with E-state index in [1.54, 1.807) is 18.2 Å². The molecule has 1 aliphatic heterocycles. The minimum atomic E-state index is -0.553. The van der Waals surface area contributed by atoms with Crippen LogP contribution in [0.1, 0.15) is 27.0 Å². The maximum absolute atomic E-state index is 13.1. The molecule has 0 bridgehead atoms. The number of ether oxygens (including phenoxy) is 1. The fourth-order valence-electron chi connectivity index (χ4n) is 3.86. The smallest absolute Gasteiger partial charge is 0.338 e. The van der Waals surface area contributed by atoms with Crippen LogP contribution < -0.4 is 10.6 Å². The normalized spacial score (nSPS) is 13.9. The third-order valence-corrected chi connectivity index (χ3v) is 5.36. The van der Waals surface area contributed by atoms with Gasteiger partial charge in [0.2, 0.25) is 0 Å². The standard InChI is InChI=1S/C27H27N3O4/c1-30(2)17-18-8-11-21(12-9-18)28-25(19-6-4-3-5-7-19)24-22-13-10-20(27(33)34-15-14-31)16-23(22)29-26(24)32/h3-13,16,28,31H,14-15,17H2,1-2H3,(H,29,32)/b25-24-. The second-order valence-corrected chi connectivity index (χ2v) is 8.25. The van der Waals surface area contributed by atoms with Crippen molar-refractivity contribution in [3.05, 3.63) is 95.1 Å². The van der Waals surface area contributed by atoms with Crippen molar-refractivity contribution >= 4 is 34.5 Å². The molecule has 34 heavy (non-hydrogen) atoms. The summed E-state index contributed by atoms with van der Waals surface area (Å²) in [6, 6.07) is 22.7. The van der Waals surface area contributed by atoms with Crippen LogP contribution in [0, 0.1) is 0 Å². The lowest BCUT2D eigenvalue weighted by molar-refractivity contribution is -0.110. The average Bonchev–Trinajstić information content (AvgIpc) is 3.17. The van der Waals surface area contributed by atoms with Gasteiger partial charge in [-0.05, 0) is 49.5 Å². The zero-order valence-corrected chi connectivity index (χ0v) is 19.2. The molecule has 0 atom stereocenters. The van der Waals surface area contributed by atoms with E-state index in [4.69, 9.17) is 9.84 Å². The van der Waals surface area contributed by atoms with Crippen molar-refractivity contribution in [3.63, 3.8) is 0 Å². The summed E-state index contributed by atoms with van der Waals surface area (Å²) in [7, 11) is 4.05. The number of benzene rings is 3. The Balaban J connectivity index is 1.73. The SMILES string of the molecule is CN(C)Cc1ccc(N/C(=C2\C(=O)Nc3cc(C(=O)OCCO)ccc32)c2ccccc2)cc1. The highest BCUT2D eigenvalue weighted by molar-refractivity contribution is 6.37. The predicted octanol–water partition coefficient (Wildman–Crippen LogP) is 3.83. The number of fused-ring (bicyclic) bond motifs is 1. The number of nitrogens with one attached hydrogen (secondary N) is 2. The number of aliphatic hydroxyl groups excluding tert-OH is 1. The Morgan fingerprint density at radius 1 is 1.00 bits per heavy atom. The first-order chi connectivity index (χ1) is 16.5. The quantitative estimate of drug-likeness (QED) is 0.352. The van der Waals surface area contributed by atoms with Crippen LogP contribution in [0.15, 0.2) is 72.8 Å². The fourth-order valence-corrected chi connectivity index (χ4v) is 3.86. The fraction of sp³-hybridized carbons (Fsp3) is 0.185. The molecule has 0 aromatic heterocycles. The molecule has 0 saturated carbocycles. The molecule has 174 valence electrons. The van der Waals surface area contributed by atoms with E-state index in [-0.39, 0.29) is 19.1 Å². The van der Waals surface area contributed by atoms with Crippen LogP contribution >= 0.6 is 0 Å².